The van der Waals surface area contributed by atoms with Gasteiger partial charge in [0.1, 0.15) is 5.75 Å². The van der Waals surface area contributed by atoms with Gasteiger partial charge in [-0.25, -0.2) is 0 Å². The van der Waals surface area contributed by atoms with E-state index in [0.717, 1.165) is 18.8 Å². The Labute approximate surface area is 179 Å². The number of carbonyl (C=O) groups excluding carboxylic acids is 2. The van der Waals surface area contributed by atoms with E-state index in [1.165, 1.54) is 0 Å². The molecule has 0 spiro atoms. The largest absolute Gasteiger partial charge is 0.497 e. The Morgan fingerprint density at radius 3 is 2.00 bits per heavy atom. The lowest BCUT2D eigenvalue weighted by Crippen LogP contribution is -2.60. The molecule has 3 atom stereocenters. The van der Waals surface area contributed by atoms with E-state index in [0.29, 0.717) is 31.7 Å². The standard InChI is InChI=1S/C23H35N3O4/c1-16(2)21(26-14-17(3)30-18(4)15-26)23(28)25-12-10-24(11-13-25)22(27)19-6-8-20(29-5)9-7-19/h6-9,16-18,21H,10-15H2,1-5H3. The van der Waals surface area contributed by atoms with Crippen LogP contribution in [-0.4, -0.2) is 91.1 Å². The van der Waals surface area contributed by atoms with E-state index in [2.05, 4.69) is 32.6 Å². The first-order valence-electron chi connectivity index (χ1n) is 10.9. The number of methoxy groups -OCH3 is 1. The van der Waals surface area contributed by atoms with Crippen molar-refractivity contribution in [1.82, 2.24) is 14.7 Å². The Hall–Kier alpha value is -2.12. The van der Waals surface area contributed by atoms with Crippen LogP contribution in [0.15, 0.2) is 24.3 Å². The fraction of sp³-hybridized carbons (Fsp3) is 0.652. The van der Waals surface area contributed by atoms with Crippen molar-refractivity contribution in [3.8, 4) is 5.75 Å². The molecule has 2 aliphatic rings. The highest BCUT2D eigenvalue weighted by atomic mass is 16.5. The van der Waals surface area contributed by atoms with E-state index < -0.39 is 0 Å². The minimum absolute atomic E-state index is 0.000917. The molecule has 0 aliphatic carbocycles. The lowest BCUT2D eigenvalue weighted by Gasteiger charge is -2.44. The third-order valence-corrected chi connectivity index (χ3v) is 5.94. The second-order valence-electron chi connectivity index (χ2n) is 8.75. The molecular formula is C23H35N3O4. The summed E-state index contributed by atoms with van der Waals surface area (Å²) in [4.78, 5) is 32.2. The maximum atomic E-state index is 13.4. The van der Waals surface area contributed by atoms with Crippen molar-refractivity contribution in [2.45, 2.75) is 45.9 Å². The molecule has 1 aromatic carbocycles. The van der Waals surface area contributed by atoms with Crippen LogP contribution < -0.4 is 4.74 Å². The number of hydrogen-bond acceptors (Lipinski definition) is 5. The van der Waals surface area contributed by atoms with Crippen LogP contribution in [0.25, 0.3) is 0 Å². The number of ether oxygens (including phenoxy) is 2. The van der Waals surface area contributed by atoms with Crippen LogP contribution >= 0.6 is 0 Å². The Kier molecular flexibility index (Phi) is 7.36. The zero-order chi connectivity index (χ0) is 21.8. The third kappa shape index (κ3) is 5.13. The number of rotatable bonds is 5. The lowest BCUT2D eigenvalue weighted by atomic mass is 9.98. The summed E-state index contributed by atoms with van der Waals surface area (Å²) in [6.45, 7) is 12.1. The molecule has 2 heterocycles. The summed E-state index contributed by atoms with van der Waals surface area (Å²) in [5.41, 5.74) is 0.645. The van der Waals surface area contributed by atoms with Gasteiger partial charge >= 0.3 is 0 Å². The van der Waals surface area contributed by atoms with Crippen LogP contribution in [0.1, 0.15) is 38.1 Å². The molecule has 0 N–H and O–H groups in total. The molecule has 0 radical (unpaired) electrons. The fourth-order valence-electron chi connectivity index (χ4n) is 4.54. The van der Waals surface area contributed by atoms with Gasteiger partial charge in [-0.1, -0.05) is 13.8 Å². The number of carbonyl (C=O) groups is 2. The van der Waals surface area contributed by atoms with Crippen molar-refractivity contribution >= 4 is 11.8 Å². The van der Waals surface area contributed by atoms with Gasteiger partial charge in [0.25, 0.3) is 5.91 Å². The van der Waals surface area contributed by atoms with Gasteiger partial charge in [0, 0.05) is 44.8 Å². The molecule has 0 bridgehead atoms. The molecule has 0 aromatic heterocycles. The number of amides is 2. The van der Waals surface area contributed by atoms with Crippen LogP contribution in [0.5, 0.6) is 5.75 Å². The second-order valence-corrected chi connectivity index (χ2v) is 8.75. The quantitative estimate of drug-likeness (QED) is 0.734. The molecule has 7 heteroatoms. The summed E-state index contributed by atoms with van der Waals surface area (Å²) >= 11 is 0. The molecule has 30 heavy (non-hydrogen) atoms. The first-order valence-corrected chi connectivity index (χ1v) is 10.9. The van der Waals surface area contributed by atoms with E-state index in [-0.39, 0.29) is 36.0 Å². The summed E-state index contributed by atoms with van der Waals surface area (Å²) in [6.07, 6.45) is 0.253. The van der Waals surface area contributed by atoms with Gasteiger partial charge in [0.15, 0.2) is 0 Å². The maximum Gasteiger partial charge on any atom is 0.253 e. The van der Waals surface area contributed by atoms with Crippen LogP contribution in [0.3, 0.4) is 0 Å². The van der Waals surface area contributed by atoms with Crippen LogP contribution in [0.2, 0.25) is 0 Å². The molecular weight excluding hydrogens is 382 g/mol. The molecule has 166 valence electrons. The molecule has 2 saturated heterocycles. The Balaban J connectivity index is 1.61. The summed E-state index contributed by atoms with van der Waals surface area (Å²) in [6, 6.07) is 7.01. The van der Waals surface area contributed by atoms with E-state index >= 15 is 0 Å². The number of nitrogens with zero attached hydrogens (tertiary/aromatic N) is 3. The highest BCUT2D eigenvalue weighted by Crippen LogP contribution is 2.21. The summed E-state index contributed by atoms with van der Waals surface area (Å²) < 4.78 is 11.0. The zero-order valence-electron chi connectivity index (χ0n) is 18.8. The lowest BCUT2D eigenvalue weighted by molar-refractivity contribution is -0.146. The smallest absolute Gasteiger partial charge is 0.253 e. The topological polar surface area (TPSA) is 62.3 Å². The molecule has 3 rings (SSSR count). The fourth-order valence-corrected chi connectivity index (χ4v) is 4.54. The summed E-state index contributed by atoms with van der Waals surface area (Å²) in [7, 11) is 1.61. The minimum Gasteiger partial charge on any atom is -0.497 e. The molecule has 2 aliphatic heterocycles. The first-order chi connectivity index (χ1) is 14.3. The Morgan fingerprint density at radius 1 is 0.967 bits per heavy atom. The summed E-state index contributed by atoms with van der Waals surface area (Å²) in [5, 5.41) is 0. The highest BCUT2D eigenvalue weighted by Gasteiger charge is 2.37. The van der Waals surface area contributed by atoms with Crippen molar-refractivity contribution in [2.24, 2.45) is 5.92 Å². The number of benzene rings is 1. The molecule has 2 fully saturated rings. The van der Waals surface area contributed by atoms with Crippen molar-refractivity contribution in [2.75, 3.05) is 46.4 Å². The van der Waals surface area contributed by atoms with Crippen molar-refractivity contribution in [3.05, 3.63) is 29.8 Å². The number of hydrogen-bond donors (Lipinski definition) is 0. The van der Waals surface area contributed by atoms with Crippen molar-refractivity contribution in [1.29, 1.82) is 0 Å². The van der Waals surface area contributed by atoms with Gasteiger partial charge in [-0.2, -0.15) is 0 Å². The van der Waals surface area contributed by atoms with Gasteiger partial charge in [0.05, 0.1) is 25.4 Å². The SMILES string of the molecule is COc1ccc(C(=O)N2CCN(C(=O)C(C(C)C)N3CC(C)OC(C)C3)CC2)cc1. The van der Waals surface area contributed by atoms with Crippen molar-refractivity contribution < 1.29 is 19.1 Å². The monoisotopic (exact) mass is 417 g/mol. The molecule has 7 nitrogen and oxygen atoms in total. The maximum absolute atomic E-state index is 13.4. The average Bonchev–Trinajstić information content (AvgIpc) is 2.72. The minimum atomic E-state index is -0.150. The Bertz CT molecular complexity index is 718. The van der Waals surface area contributed by atoms with E-state index in [1.54, 1.807) is 31.4 Å². The van der Waals surface area contributed by atoms with E-state index in [9.17, 15) is 9.59 Å². The third-order valence-electron chi connectivity index (χ3n) is 5.94. The number of morpholine rings is 1. The number of piperazine rings is 1. The molecule has 2 amide bonds. The van der Waals surface area contributed by atoms with Gasteiger partial charge in [-0.15, -0.1) is 0 Å². The predicted octanol–water partition coefficient (Wildman–Crippen LogP) is 2.11. The van der Waals surface area contributed by atoms with Gasteiger partial charge in [-0.3, -0.25) is 14.5 Å². The second kappa shape index (κ2) is 9.79. The molecule has 0 saturated carbocycles. The summed E-state index contributed by atoms with van der Waals surface area (Å²) in [5.74, 6) is 1.12. The van der Waals surface area contributed by atoms with Crippen LogP contribution in [0, 0.1) is 5.92 Å². The predicted molar refractivity (Wildman–Crippen MR) is 116 cm³/mol. The van der Waals surface area contributed by atoms with Gasteiger partial charge in [0.2, 0.25) is 5.91 Å². The van der Waals surface area contributed by atoms with Crippen LogP contribution in [-0.2, 0) is 9.53 Å². The first kappa shape index (κ1) is 22.6. The van der Waals surface area contributed by atoms with Crippen LogP contribution in [0.4, 0.5) is 0 Å². The zero-order valence-corrected chi connectivity index (χ0v) is 18.8. The highest BCUT2D eigenvalue weighted by molar-refractivity contribution is 5.94. The van der Waals surface area contributed by atoms with Gasteiger partial charge < -0.3 is 19.3 Å². The molecule has 1 aromatic rings. The van der Waals surface area contributed by atoms with Gasteiger partial charge in [-0.05, 0) is 44.0 Å². The average molecular weight is 418 g/mol. The normalized spacial score (nSPS) is 24.1. The Morgan fingerprint density at radius 2 is 1.50 bits per heavy atom. The van der Waals surface area contributed by atoms with Crippen molar-refractivity contribution in [3.63, 3.8) is 0 Å². The van der Waals surface area contributed by atoms with E-state index in [1.807, 2.05) is 9.80 Å². The molecule has 3 unspecified atom stereocenters. The van der Waals surface area contributed by atoms with E-state index in [4.69, 9.17) is 9.47 Å².